The lowest BCUT2D eigenvalue weighted by molar-refractivity contribution is -0.138. The van der Waals surface area contributed by atoms with Crippen molar-refractivity contribution in [2.45, 2.75) is 19.0 Å². The predicted octanol–water partition coefficient (Wildman–Crippen LogP) is 3.22. The Morgan fingerprint density at radius 1 is 1.28 bits per heavy atom. The minimum absolute atomic E-state index is 0.0214. The first-order chi connectivity index (χ1) is 17.3. The summed E-state index contributed by atoms with van der Waals surface area (Å²) in [4.78, 5) is 42.8. The van der Waals surface area contributed by atoms with E-state index in [2.05, 4.69) is 15.6 Å². The van der Waals surface area contributed by atoms with Crippen molar-refractivity contribution in [3.05, 3.63) is 68.9 Å². The molecule has 10 nitrogen and oxygen atoms in total. The SMILES string of the molecule is N#CNC=NC[C@H](NC(=O)c1c(Cl)cc2c(c1Cl)CCN(C(=O)c1cc3ccccc3o1)C2)C(=O)O. The van der Waals surface area contributed by atoms with E-state index in [1.807, 2.05) is 18.2 Å². The summed E-state index contributed by atoms with van der Waals surface area (Å²) >= 11 is 12.9. The fraction of sp³-hybridized carbons (Fsp3) is 0.208. The molecule has 184 valence electrons. The molecule has 36 heavy (non-hydrogen) atoms. The number of carbonyl (C=O) groups excluding carboxylic acids is 2. The molecule has 2 amide bonds. The van der Waals surface area contributed by atoms with Crippen LogP contribution in [-0.2, 0) is 17.8 Å². The smallest absolute Gasteiger partial charge is 0.328 e. The molecule has 3 aromatic rings. The molecular weight excluding hydrogens is 509 g/mol. The van der Waals surface area contributed by atoms with Gasteiger partial charge in [0.15, 0.2) is 12.0 Å². The number of aliphatic imine (C=N–C) groups is 1. The fourth-order valence-corrected chi connectivity index (χ4v) is 4.69. The molecule has 0 saturated carbocycles. The van der Waals surface area contributed by atoms with Gasteiger partial charge in [-0.2, -0.15) is 5.26 Å². The number of carbonyl (C=O) groups is 3. The van der Waals surface area contributed by atoms with E-state index in [1.165, 1.54) is 0 Å². The largest absolute Gasteiger partial charge is 0.480 e. The number of rotatable bonds is 7. The number of nitriles is 1. The monoisotopic (exact) mass is 527 g/mol. The second-order valence-electron chi connectivity index (χ2n) is 7.92. The Hall–Kier alpha value is -4.07. The van der Waals surface area contributed by atoms with Crippen molar-refractivity contribution in [2.75, 3.05) is 13.1 Å². The summed E-state index contributed by atoms with van der Waals surface area (Å²) in [6.45, 7) is 0.239. The number of furan rings is 1. The molecule has 0 unspecified atom stereocenters. The molecule has 0 bridgehead atoms. The summed E-state index contributed by atoms with van der Waals surface area (Å²) in [5.74, 6) is -2.14. The van der Waals surface area contributed by atoms with Crippen LogP contribution in [0.4, 0.5) is 0 Å². The zero-order chi connectivity index (χ0) is 25.8. The van der Waals surface area contributed by atoms with Gasteiger partial charge in [-0.25, -0.2) is 4.79 Å². The van der Waals surface area contributed by atoms with Crippen LogP contribution in [0.3, 0.4) is 0 Å². The molecule has 0 saturated heterocycles. The molecule has 3 N–H and O–H groups in total. The molecule has 2 aromatic carbocycles. The maximum absolute atomic E-state index is 13.0. The van der Waals surface area contributed by atoms with Gasteiger partial charge >= 0.3 is 5.97 Å². The number of para-hydroxylation sites is 1. The van der Waals surface area contributed by atoms with Crippen LogP contribution in [0.1, 0.15) is 32.0 Å². The molecule has 0 spiro atoms. The fourth-order valence-electron chi connectivity index (χ4n) is 3.92. The van der Waals surface area contributed by atoms with E-state index in [0.29, 0.717) is 29.7 Å². The zero-order valence-corrected chi connectivity index (χ0v) is 20.1. The van der Waals surface area contributed by atoms with Crippen LogP contribution in [0.25, 0.3) is 11.0 Å². The minimum Gasteiger partial charge on any atom is -0.480 e. The third-order valence-corrected chi connectivity index (χ3v) is 6.38. The third-order valence-electron chi connectivity index (χ3n) is 5.67. The lowest BCUT2D eigenvalue weighted by atomic mass is 9.96. The van der Waals surface area contributed by atoms with E-state index >= 15 is 0 Å². The highest BCUT2D eigenvalue weighted by Gasteiger charge is 2.30. The number of hydrogen-bond acceptors (Lipinski definition) is 6. The van der Waals surface area contributed by atoms with Crippen LogP contribution in [0.2, 0.25) is 10.0 Å². The number of carboxylic acid groups (broad SMARTS) is 1. The minimum atomic E-state index is -1.37. The summed E-state index contributed by atoms with van der Waals surface area (Å²) < 4.78 is 5.69. The number of hydrogen-bond donors (Lipinski definition) is 3. The number of carboxylic acids is 1. The molecule has 0 fully saturated rings. The van der Waals surface area contributed by atoms with Crippen molar-refractivity contribution >= 4 is 58.3 Å². The van der Waals surface area contributed by atoms with Crippen LogP contribution in [-0.4, -0.2) is 53.3 Å². The summed E-state index contributed by atoms with van der Waals surface area (Å²) in [7, 11) is 0. The number of nitrogens with zero attached hydrogens (tertiary/aromatic N) is 3. The van der Waals surface area contributed by atoms with Gasteiger partial charge in [0, 0.05) is 18.5 Å². The van der Waals surface area contributed by atoms with Gasteiger partial charge in [-0.3, -0.25) is 19.9 Å². The molecule has 2 heterocycles. The van der Waals surface area contributed by atoms with Crippen LogP contribution < -0.4 is 10.6 Å². The number of fused-ring (bicyclic) bond motifs is 2. The van der Waals surface area contributed by atoms with E-state index in [9.17, 15) is 19.5 Å². The number of nitrogens with one attached hydrogen (secondary N) is 2. The second-order valence-corrected chi connectivity index (χ2v) is 8.71. The first kappa shape index (κ1) is 25.0. The second kappa shape index (κ2) is 10.7. The Morgan fingerprint density at radius 3 is 2.78 bits per heavy atom. The van der Waals surface area contributed by atoms with Gasteiger partial charge in [0.2, 0.25) is 0 Å². The molecule has 0 radical (unpaired) electrons. The van der Waals surface area contributed by atoms with Crippen molar-refractivity contribution in [3.63, 3.8) is 0 Å². The van der Waals surface area contributed by atoms with Gasteiger partial charge in [-0.05, 0) is 35.7 Å². The summed E-state index contributed by atoms with van der Waals surface area (Å²) in [6.07, 6.45) is 3.00. The van der Waals surface area contributed by atoms with Gasteiger partial charge in [0.05, 0.1) is 28.5 Å². The highest BCUT2D eigenvalue weighted by Crippen LogP contribution is 2.35. The van der Waals surface area contributed by atoms with E-state index in [4.69, 9.17) is 32.9 Å². The normalized spacial score (nSPS) is 13.8. The van der Waals surface area contributed by atoms with Gasteiger partial charge in [0.1, 0.15) is 11.6 Å². The Morgan fingerprint density at radius 2 is 2.06 bits per heavy atom. The standard InChI is InChI=1S/C24H19Cl2N5O5/c25-16-7-14-10-31(23(33)19-8-13-3-1-2-4-18(13)36-19)6-5-15(14)21(26)20(16)22(32)30-17(24(34)35)9-28-12-29-11-27/h1-4,7-8,12,17H,5-6,9-10H2,(H,28,29)(H,30,32)(H,34,35)/t17-/m0/s1. The van der Waals surface area contributed by atoms with Crippen molar-refractivity contribution in [3.8, 4) is 6.19 Å². The maximum atomic E-state index is 13.0. The molecular formula is C24H19Cl2N5O5. The number of halogens is 2. The summed E-state index contributed by atoms with van der Waals surface area (Å²) in [6, 6.07) is 9.22. The maximum Gasteiger partial charge on any atom is 0.328 e. The topological polar surface area (TPSA) is 148 Å². The number of aliphatic carboxylic acids is 1. The van der Waals surface area contributed by atoms with Crippen LogP contribution in [0.15, 0.2) is 45.8 Å². The first-order valence-corrected chi connectivity index (χ1v) is 11.5. The van der Waals surface area contributed by atoms with Gasteiger partial charge < -0.3 is 19.7 Å². The van der Waals surface area contributed by atoms with Crippen LogP contribution in [0.5, 0.6) is 0 Å². The first-order valence-electron chi connectivity index (χ1n) is 10.7. The number of benzene rings is 2. The van der Waals surface area contributed by atoms with Crippen molar-refractivity contribution in [2.24, 2.45) is 4.99 Å². The van der Waals surface area contributed by atoms with Crippen molar-refractivity contribution < 1.29 is 23.9 Å². The van der Waals surface area contributed by atoms with Crippen molar-refractivity contribution in [1.82, 2.24) is 15.5 Å². The van der Waals surface area contributed by atoms with E-state index < -0.39 is 17.9 Å². The average Bonchev–Trinajstić information content (AvgIpc) is 3.29. The van der Waals surface area contributed by atoms with Crippen LogP contribution >= 0.6 is 23.2 Å². The highest BCUT2D eigenvalue weighted by molar-refractivity contribution is 6.40. The Balaban J connectivity index is 1.53. The molecule has 12 heteroatoms. The van der Waals surface area contributed by atoms with E-state index in [-0.39, 0.29) is 40.4 Å². The zero-order valence-electron chi connectivity index (χ0n) is 18.6. The molecule has 1 aliphatic heterocycles. The average molecular weight is 528 g/mol. The molecule has 4 rings (SSSR count). The summed E-state index contributed by atoms with van der Waals surface area (Å²) in [5, 5.41) is 23.3. The molecule has 0 aliphatic carbocycles. The quantitative estimate of drug-likeness (QED) is 0.185. The molecule has 1 aromatic heterocycles. The van der Waals surface area contributed by atoms with Gasteiger partial charge in [-0.15, -0.1) is 0 Å². The van der Waals surface area contributed by atoms with Crippen LogP contribution in [0, 0.1) is 11.5 Å². The van der Waals surface area contributed by atoms with E-state index in [0.717, 1.165) is 11.7 Å². The van der Waals surface area contributed by atoms with Gasteiger partial charge in [0.25, 0.3) is 11.8 Å². The number of amides is 2. The highest BCUT2D eigenvalue weighted by atomic mass is 35.5. The Kier molecular flexibility index (Phi) is 7.43. The Bertz CT molecular complexity index is 1400. The lowest BCUT2D eigenvalue weighted by Gasteiger charge is -2.30. The molecule has 1 aliphatic rings. The van der Waals surface area contributed by atoms with E-state index in [1.54, 1.807) is 29.3 Å². The Labute approximate surface area is 215 Å². The molecule has 1 atom stereocenters. The predicted molar refractivity (Wildman–Crippen MR) is 132 cm³/mol. The van der Waals surface area contributed by atoms with Crippen molar-refractivity contribution in [1.29, 1.82) is 5.26 Å². The lowest BCUT2D eigenvalue weighted by Crippen LogP contribution is -2.43. The summed E-state index contributed by atoms with van der Waals surface area (Å²) in [5.41, 5.74) is 1.90. The van der Waals surface area contributed by atoms with Gasteiger partial charge in [-0.1, -0.05) is 41.4 Å². The third kappa shape index (κ3) is 5.12.